The minimum absolute atomic E-state index is 0.110. The Morgan fingerprint density at radius 2 is 2.08 bits per heavy atom. The summed E-state index contributed by atoms with van der Waals surface area (Å²) >= 11 is 10.4. The zero-order valence-corrected chi connectivity index (χ0v) is 15.8. The number of aliphatic imine (C=N–C) groups is 1. The van der Waals surface area contributed by atoms with E-state index in [9.17, 15) is 9.90 Å². The molecule has 2 aromatic carbocycles. The fourth-order valence-corrected chi connectivity index (χ4v) is 4.02. The molecule has 0 aliphatic carbocycles. The monoisotopic (exact) mass is 432 g/mol. The molecule has 1 N–H and O–H groups in total. The van der Waals surface area contributed by atoms with E-state index in [-0.39, 0.29) is 10.8 Å². The second-order valence-electron chi connectivity index (χ2n) is 5.39. The minimum Gasteiger partial charge on any atom is -0.493 e. The Hall–Kier alpha value is -2.15. The van der Waals surface area contributed by atoms with E-state index < -0.39 is 0 Å². The number of allylic oxidation sites excluding steroid dienone is 1. The van der Waals surface area contributed by atoms with Crippen molar-refractivity contribution >= 4 is 62.4 Å². The van der Waals surface area contributed by atoms with Gasteiger partial charge in [0.15, 0.2) is 0 Å². The summed E-state index contributed by atoms with van der Waals surface area (Å²) in [6, 6.07) is 12.6. The average Bonchev–Trinajstić information content (AvgIpc) is 3.09. The summed E-state index contributed by atoms with van der Waals surface area (Å²) in [4.78, 5) is 16.9. The second-order valence-corrected chi connectivity index (χ2v) is 7.74. The van der Waals surface area contributed by atoms with Gasteiger partial charge < -0.3 is 5.11 Å². The molecule has 1 aliphatic heterocycles. The van der Waals surface area contributed by atoms with Crippen molar-refractivity contribution in [3.63, 3.8) is 0 Å². The van der Waals surface area contributed by atoms with E-state index in [0.29, 0.717) is 15.6 Å². The van der Waals surface area contributed by atoms with Crippen molar-refractivity contribution in [2.75, 3.05) is 0 Å². The lowest BCUT2D eigenvalue weighted by atomic mass is 10.1. The van der Waals surface area contributed by atoms with Gasteiger partial charge in [-0.2, -0.15) is 0 Å². The number of halogens is 2. The lowest BCUT2D eigenvalue weighted by Crippen LogP contribution is -2.09. The minimum atomic E-state index is -0.281. The summed E-state index contributed by atoms with van der Waals surface area (Å²) in [7, 11) is 0. The van der Waals surface area contributed by atoms with Crippen LogP contribution in [0.1, 0.15) is 10.4 Å². The van der Waals surface area contributed by atoms with E-state index in [0.717, 1.165) is 32.6 Å². The smallest absolute Gasteiger partial charge is 0.315 e. The lowest BCUT2D eigenvalue weighted by Gasteiger charge is -2.04. The molecule has 0 saturated carbocycles. The van der Waals surface area contributed by atoms with Crippen molar-refractivity contribution in [3.8, 4) is 11.6 Å². The molecule has 1 aromatic heterocycles. The molecule has 124 valence electrons. The number of aromatic hydroxyl groups is 1. The molecule has 4 rings (SSSR count). The third-order valence-electron chi connectivity index (χ3n) is 3.78. The van der Waals surface area contributed by atoms with Crippen molar-refractivity contribution in [1.29, 1.82) is 0 Å². The maximum atomic E-state index is 12.4. The van der Waals surface area contributed by atoms with Gasteiger partial charge in [0.1, 0.15) is 0 Å². The molecule has 0 radical (unpaired) electrons. The number of aromatic nitrogens is 1. The SMILES string of the molecule is O=c1sc(C=C2C=Nc3ccc(Br)cc32)c(O)n1-c1cccc(Cl)c1. The Balaban J connectivity index is 1.82. The first kappa shape index (κ1) is 16.3. The quantitative estimate of drug-likeness (QED) is 0.598. The van der Waals surface area contributed by atoms with E-state index in [2.05, 4.69) is 20.9 Å². The van der Waals surface area contributed by atoms with Crippen LogP contribution in [-0.2, 0) is 0 Å². The van der Waals surface area contributed by atoms with Crippen LogP contribution in [0.5, 0.6) is 5.88 Å². The second kappa shape index (κ2) is 6.29. The van der Waals surface area contributed by atoms with E-state index in [1.54, 1.807) is 36.6 Å². The summed E-state index contributed by atoms with van der Waals surface area (Å²) in [6.45, 7) is 0. The zero-order chi connectivity index (χ0) is 17.6. The predicted molar refractivity (Wildman–Crippen MR) is 107 cm³/mol. The number of benzene rings is 2. The molecule has 2 heterocycles. The van der Waals surface area contributed by atoms with Gasteiger partial charge in [0, 0.05) is 26.8 Å². The molecule has 3 aromatic rings. The zero-order valence-electron chi connectivity index (χ0n) is 12.6. The van der Waals surface area contributed by atoms with Gasteiger partial charge in [-0.25, -0.2) is 4.57 Å². The fourth-order valence-electron chi connectivity index (χ4n) is 2.64. The summed E-state index contributed by atoms with van der Waals surface area (Å²) in [6.07, 6.45) is 3.49. The number of rotatable bonds is 2. The molecule has 25 heavy (non-hydrogen) atoms. The van der Waals surface area contributed by atoms with Gasteiger partial charge in [-0.1, -0.05) is 44.9 Å². The van der Waals surface area contributed by atoms with E-state index >= 15 is 0 Å². The van der Waals surface area contributed by atoms with Crippen molar-refractivity contribution in [2.24, 2.45) is 4.99 Å². The third kappa shape index (κ3) is 2.97. The molecule has 0 unspecified atom stereocenters. The molecular weight excluding hydrogens is 424 g/mol. The highest BCUT2D eigenvalue weighted by atomic mass is 79.9. The van der Waals surface area contributed by atoms with Crippen LogP contribution in [0.25, 0.3) is 17.3 Å². The number of hydrogen-bond acceptors (Lipinski definition) is 4. The third-order valence-corrected chi connectivity index (χ3v) is 5.38. The molecule has 0 atom stereocenters. The molecule has 0 spiro atoms. The Morgan fingerprint density at radius 3 is 2.88 bits per heavy atom. The first-order valence-corrected chi connectivity index (χ1v) is 9.28. The summed E-state index contributed by atoms with van der Waals surface area (Å²) in [5.41, 5.74) is 3.17. The highest BCUT2D eigenvalue weighted by Gasteiger charge is 2.18. The average molecular weight is 434 g/mol. The van der Waals surface area contributed by atoms with Gasteiger partial charge in [-0.05, 0) is 42.5 Å². The summed E-state index contributed by atoms with van der Waals surface area (Å²) in [5, 5.41) is 11.0. The lowest BCUT2D eigenvalue weighted by molar-refractivity contribution is 0.440. The number of hydrogen-bond donors (Lipinski definition) is 1. The van der Waals surface area contributed by atoms with Gasteiger partial charge in [0.05, 0.1) is 16.3 Å². The molecule has 0 bridgehead atoms. The fraction of sp³-hybridized carbons (Fsp3) is 0. The molecule has 0 fully saturated rings. The van der Waals surface area contributed by atoms with Crippen LogP contribution in [0.4, 0.5) is 5.69 Å². The Labute approximate surface area is 160 Å². The van der Waals surface area contributed by atoms with Crippen LogP contribution in [0.2, 0.25) is 5.02 Å². The van der Waals surface area contributed by atoms with Gasteiger partial charge in [-0.3, -0.25) is 9.79 Å². The maximum Gasteiger partial charge on any atom is 0.315 e. The normalized spacial score (nSPS) is 14.2. The van der Waals surface area contributed by atoms with Crippen LogP contribution in [0.15, 0.2) is 56.7 Å². The van der Waals surface area contributed by atoms with Crippen molar-refractivity contribution in [2.45, 2.75) is 0 Å². The predicted octanol–water partition coefficient (Wildman–Crippen LogP) is 5.28. The topological polar surface area (TPSA) is 54.6 Å². The van der Waals surface area contributed by atoms with Crippen molar-refractivity contribution in [3.05, 3.63) is 72.1 Å². The molecule has 0 amide bonds. The van der Waals surface area contributed by atoms with Crippen LogP contribution < -0.4 is 4.87 Å². The molecule has 7 heteroatoms. The molecule has 4 nitrogen and oxygen atoms in total. The summed E-state index contributed by atoms with van der Waals surface area (Å²) in [5.74, 6) is -0.110. The number of nitrogens with zero attached hydrogens (tertiary/aromatic N) is 2. The molecule has 0 saturated heterocycles. The first-order chi connectivity index (χ1) is 12.0. The highest BCUT2D eigenvalue weighted by molar-refractivity contribution is 9.10. The summed E-state index contributed by atoms with van der Waals surface area (Å²) < 4.78 is 2.19. The largest absolute Gasteiger partial charge is 0.493 e. The van der Waals surface area contributed by atoms with E-state index in [4.69, 9.17) is 11.6 Å². The van der Waals surface area contributed by atoms with E-state index in [1.807, 2.05) is 18.2 Å². The van der Waals surface area contributed by atoms with Crippen molar-refractivity contribution in [1.82, 2.24) is 4.57 Å². The van der Waals surface area contributed by atoms with Gasteiger partial charge >= 0.3 is 4.87 Å². The Bertz CT molecular complexity index is 1110. The van der Waals surface area contributed by atoms with Crippen LogP contribution in [0.3, 0.4) is 0 Å². The molecule has 1 aliphatic rings. The van der Waals surface area contributed by atoms with Gasteiger partial charge in [-0.15, -0.1) is 0 Å². The van der Waals surface area contributed by atoms with E-state index in [1.165, 1.54) is 4.57 Å². The Morgan fingerprint density at radius 1 is 1.24 bits per heavy atom. The van der Waals surface area contributed by atoms with Gasteiger partial charge in [0.25, 0.3) is 0 Å². The van der Waals surface area contributed by atoms with Crippen molar-refractivity contribution < 1.29 is 5.11 Å². The van der Waals surface area contributed by atoms with Crippen LogP contribution >= 0.6 is 38.9 Å². The van der Waals surface area contributed by atoms with Crippen LogP contribution in [-0.4, -0.2) is 15.9 Å². The highest BCUT2D eigenvalue weighted by Crippen LogP contribution is 2.36. The number of thiazole rings is 1. The standard InChI is InChI=1S/C18H10BrClN2O2S/c19-11-4-5-15-14(7-11)10(9-21-15)6-16-17(23)22(18(24)25-16)13-3-1-2-12(20)8-13/h1-9,23H. The maximum absolute atomic E-state index is 12.4. The van der Waals surface area contributed by atoms with Crippen LogP contribution in [0, 0.1) is 0 Å². The Kier molecular flexibility index (Phi) is 4.11. The van der Waals surface area contributed by atoms with Gasteiger partial charge in [0.2, 0.25) is 5.88 Å². The molecular formula is C18H10BrClN2O2S. The number of fused-ring (bicyclic) bond motifs is 1. The first-order valence-electron chi connectivity index (χ1n) is 7.29.